The van der Waals surface area contributed by atoms with E-state index in [0.29, 0.717) is 5.54 Å². The van der Waals surface area contributed by atoms with E-state index in [1.54, 1.807) is 7.11 Å². The van der Waals surface area contributed by atoms with Crippen molar-refractivity contribution in [2.24, 2.45) is 0 Å². The Labute approximate surface area is 75.7 Å². The molecule has 1 rings (SSSR count). The molecule has 72 valence electrons. The summed E-state index contributed by atoms with van der Waals surface area (Å²) in [6.07, 6.45) is 6.47. The van der Waals surface area contributed by atoms with E-state index in [9.17, 15) is 0 Å². The molecule has 1 N–H and O–H groups in total. The Balaban J connectivity index is 2.44. The molecule has 0 bridgehead atoms. The molecule has 1 aliphatic heterocycles. The predicted molar refractivity (Wildman–Crippen MR) is 51.4 cm³/mol. The van der Waals surface area contributed by atoms with E-state index in [1.165, 1.54) is 38.6 Å². The molecule has 0 spiro atoms. The van der Waals surface area contributed by atoms with Crippen molar-refractivity contribution >= 4 is 0 Å². The van der Waals surface area contributed by atoms with Crippen LogP contribution in [0.2, 0.25) is 0 Å². The number of hydrogen-bond acceptors (Lipinski definition) is 2. The second-order valence-corrected chi connectivity index (χ2v) is 3.85. The van der Waals surface area contributed by atoms with Gasteiger partial charge in [-0.2, -0.15) is 0 Å². The van der Waals surface area contributed by atoms with Gasteiger partial charge in [-0.25, -0.2) is 0 Å². The minimum Gasteiger partial charge on any atom is -0.383 e. The summed E-state index contributed by atoms with van der Waals surface area (Å²) < 4.78 is 5.27. The Hall–Kier alpha value is -0.0800. The fraction of sp³-hybridized carbons (Fsp3) is 1.00. The van der Waals surface area contributed by atoms with Crippen LogP contribution in [0.4, 0.5) is 0 Å². The molecular weight excluding hydrogens is 150 g/mol. The first-order valence-corrected chi connectivity index (χ1v) is 5.07. The first kappa shape index (κ1) is 10.0. The van der Waals surface area contributed by atoms with E-state index in [-0.39, 0.29) is 0 Å². The van der Waals surface area contributed by atoms with Gasteiger partial charge < -0.3 is 10.1 Å². The molecule has 12 heavy (non-hydrogen) atoms. The Morgan fingerprint density at radius 2 is 2.25 bits per heavy atom. The van der Waals surface area contributed by atoms with E-state index in [0.717, 1.165) is 6.61 Å². The fourth-order valence-electron chi connectivity index (χ4n) is 2.19. The lowest BCUT2D eigenvalue weighted by molar-refractivity contribution is 0.0830. The standard InChI is InChI=1S/C10H21NO/c1-3-6-10(9-12-2)7-4-5-8-11-10/h11H,3-9H2,1-2H3. The molecule has 1 unspecified atom stereocenters. The molecule has 1 atom stereocenters. The summed E-state index contributed by atoms with van der Waals surface area (Å²) in [6, 6.07) is 0. The van der Waals surface area contributed by atoms with Crippen molar-refractivity contribution in [3.8, 4) is 0 Å². The lowest BCUT2D eigenvalue weighted by Crippen LogP contribution is -2.51. The van der Waals surface area contributed by atoms with Gasteiger partial charge in [-0.05, 0) is 25.8 Å². The lowest BCUT2D eigenvalue weighted by Gasteiger charge is -2.37. The Morgan fingerprint density at radius 3 is 2.75 bits per heavy atom. The first-order valence-electron chi connectivity index (χ1n) is 5.07. The molecule has 0 radical (unpaired) electrons. The van der Waals surface area contributed by atoms with Gasteiger partial charge in [-0.15, -0.1) is 0 Å². The average molecular weight is 171 g/mol. The topological polar surface area (TPSA) is 21.3 Å². The van der Waals surface area contributed by atoms with Crippen LogP contribution in [-0.2, 0) is 4.74 Å². The van der Waals surface area contributed by atoms with Crippen molar-refractivity contribution in [1.82, 2.24) is 5.32 Å². The van der Waals surface area contributed by atoms with Gasteiger partial charge in [0.25, 0.3) is 0 Å². The van der Waals surface area contributed by atoms with E-state index in [1.807, 2.05) is 0 Å². The van der Waals surface area contributed by atoms with Crippen LogP contribution < -0.4 is 5.32 Å². The van der Waals surface area contributed by atoms with Gasteiger partial charge in [0.05, 0.1) is 6.61 Å². The summed E-state index contributed by atoms with van der Waals surface area (Å²) in [5.41, 5.74) is 0.307. The second-order valence-electron chi connectivity index (χ2n) is 3.85. The molecule has 1 saturated heterocycles. The minimum absolute atomic E-state index is 0.307. The monoisotopic (exact) mass is 171 g/mol. The van der Waals surface area contributed by atoms with Crippen LogP contribution in [-0.4, -0.2) is 25.8 Å². The summed E-state index contributed by atoms with van der Waals surface area (Å²) >= 11 is 0. The molecule has 0 aromatic carbocycles. The molecule has 0 aliphatic carbocycles. The van der Waals surface area contributed by atoms with E-state index in [2.05, 4.69) is 12.2 Å². The third kappa shape index (κ3) is 2.46. The second kappa shape index (κ2) is 4.83. The Morgan fingerprint density at radius 1 is 1.42 bits per heavy atom. The zero-order chi connectivity index (χ0) is 8.86. The summed E-state index contributed by atoms with van der Waals surface area (Å²) in [6.45, 7) is 4.29. The summed E-state index contributed by atoms with van der Waals surface area (Å²) in [4.78, 5) is 0. The molecule has 2 nitrogen and oxygen atoms in total. The highest BCUT2D eigenvalue weighted by Gasteiger charge is 2.30. The molecule has 1 heterocycles. The summed E-state index contributed by atoms with van der Waals surface area (Å²) in [5, 5.41) is 3.61. The summed E-state index contributed by atoms with van der Waals surface area (Å²) in [5.74, 6) is 0. The van der Waals surface area contributed by atoms with E-state index < -0.39 is 0 Å². The third-order valence-electron chi connectivity index (χ3n) is 2.73. The summed E-state index contributed by atoms with van der Waals surface area (Å²) in [7, 11) is 1.80. The maximum Gasteiger partial charge on any atom is 0.0644 e. The maximum absolute atomic E-state index is 5.27. The van der Waals surface area contributed by atoms with E-state index >= 15 is 0 Å². The molecular formula is C10H21NO. The largest absolute Gasteiger partial charge is 0.383 e. The first-order chi connectivity index (χ1) is 5.83. The van der Waals surface area contributed by atoms with Crippen molar-refractivity contribution in [1.29, 1.82) is 0 Å². The SMILES string of the molecule is CCCC1(COC)CCCCN1. The minimum atomic E-state index is 0.307. The zero-order valence-corrected chi connectivity index (χ0v) is 8.36. The number of piperidine rings is 1. The molecule has 0 aromatic heterocycles. The molecule has 0 saturated carbocycles. The van der Waals surface area contributed by atoms with Crippen molar-refractivity contribution in [3.63, 3.8) is 0 Å². The van der Waals surface area contributed by atoms with Crippen LogP contribution >= 0.6 is 0 Å². The van der Waals surface area contributed by atoms with Gasteiger partial charge in [0.1, 0.15) is 0 Å². The molecule has 1 aliphatic rings. The van der Waals surface area contributed by atoms with Crippen molar-refractivity contribution in [2.45, 2.75) is 44.6 Å². The smallest absolute Gasteiger partial charge is 0.0644 e. The fourth-order valence-corrected chi connectivity index (χ4v) is 2.19. The Kier molecular flexibility index (Phi) is 4.02. The molecule has 2 heteroatoms. The highest BCUT2D eigenvalue weighted by atomic mass is 16.5. The van der Waals surface area contributed by atoms with Crippen LogP contribution in [0.5, 0.6) is 0 Å². The highest BCUT2D eigenvalue weighted by molar-refractivity contribution is 4.90. The van der Waals surface area contributed by atoms with Crippen molar-refractivity contribution < 1.29 is 4.74 Å². The quantitative estimate of drug-likeness (QED) is 0.698. The van der Waals surface area contributed by atoms with Gasteiger partial charge in [0.2, 0.25) is 0 Å². The molecule has 1 fully saturated rings. The number of rotatable bonds is 4. The third-order valence-corrected chi connectivity index (χ3v) is 2.73. The highest BCUT2D eigenvalue weighted by Crippen LogP contribution is 2.24. The number of nitrogens with one attached hydrogen (secondary N) is 1. The normalized spacial score (nSPS) is 30.5. The van der Waals surface area contributed by atoms with Crippen molar-refractivity contribution in [3.05, 3.63) is 0 Å². The van der Waals surface area contributed by atoms with Crippen LogP contribution in [0.15, 0.2) is 0 Å². The maximum atomic E-state index is 5.27. The van der Waals surface area contributed by atoms with Gasteiger partial charge in [-0.3, -0.25) is 0 Å². The van der Waals surface area contributed by atoms with Crippen LogP contribution in [0, 0.1) is 0 Å². The van der Waals surface area contributed by atoms with Crippen LogP contribution in [0.25, 0.3) is 0 Å². The molecule has 0 amide bonds. The Bertz CT molecular complexity index is 103. The number of hydrogen-bond donors (Lipinski definition) is 1. The zero-order valence-electron chi connectivity index (χ0n) is 8.36. The lowest BCUT2D eigenvalue weighted by atomic mass is 9.86. The van der Waals surface area contributed by atoms with E-state index in [4.69, 9.17) is 4.74 Å². The van der Waals surface area contributed by atoms with Gasteiger partial charge in [0.15, 0.2) is 0 Å². The van der Waals surface area contributed by atoms with Crippen LogP contribution in [0.1, 0.15) is 39.0 Å². The van der Waals surface area contributed by atoms with Gasteiger partial charge in [0, 0.05) is 12.6 Å². The van der Waals surface area contributed by atoms with Gasteiger partial charge in [-0.1, -0.05) is 19.8 Å². The molecule has 0 aromatic rings. The average Bonchev–Trinajstić information content (AvgIpc) is 2.07. The van der Waals surface area contributed by atoms with Crippen LogP contribution in [0.3, 0.4) is 0 Å². The number of ether oxygens (including phenoxy) is 1. The number of methoxy groups -OCH3 is 1. The predicted octanol–water partition coefficient (Wildman–Crippen LogP) is 1.95. The van der Waals surface area contributed by atoms with Crippen molar-refractivity contribution in [2.75, 3.05) is 20.3 Å². The van der Waals surface area contributed by atoms with Gasteiger partial charge >= 0.3 is 0 Å².